The van der Waals surface area contributed by atoms with Gasteiger partial charge in [0.1, 0.15) is 0 Å². The van der Waals surface area contributed by atoms with E-state index in [-0.39, 0.29) is 6.10 Å². The molecule has 0 aliphatic carbocycles. The second-order valence-corrected chi connectivity index (χ2v) is 4.76. The predicted octanol–water partition coefficient (Wildman–Crippen LogP) is 1.10. The summed E-state index contributed by atoms with van der Waals surface area (Å²) < 4.78 is 5.29. The Balaban J connectivity index is 1.74. The van der Waals surface area contributed by atoms with Crippen molar-refractivity contribution < 1.29 is 9.84 Å². The van der Waals surface area contributed by atoms with E-state index in [1.165, 1.54) is 5.56 Å². The van der Waals surface area contributed by atoms with Crippen molar-refractivity contribution in [3.05, 3.63) is 29.8 Å². The number of rotatable bonds is 5. The standard InChI is InChI=1S/C14H22N2O2/c1-12-4-2-3-5-14(12)15-10-13(17)11-16-6-8-18-9-7-16/h2-5,13,15,17H,6-11H2,1H3. The van der Waals surface area contributed by atoms with Crippen LogP contribution in [0.15, 0.2) is 24.3 Å². The van der Waals surface area contributed by atoms with Crippen LogP contribution in [-0.2, 0) is 4.74 Å². The average Bonchev–Trinajstić information content (AvgIpc) is 2.39. The molecule has 2 rings (SSSR count). The highest BCUT2D eigenvalue weighted by molar-refractivity contribution is 5.50. The SMILES string of the molecule is Cc1ccccc1NCC(O)CN1CCOCC1. The van der Waals surface area contributed by atoms with E-state index < -0.39 is 0 Å². The van der Waals surface area contributed by atoms with Gasteiger partial charge in [-0.15, -0.1) is 0 Å². The van der Waals surface area contributed by atoms with Crippen LogP contribution in [0.2, 0.25) is 0 Å². The first-order valence-corrected chi connectivity index (χ1v) is 6.53. The number of β-amino-alcohol motifs (C(OH)–C–C–N with tert-alkyl or cyclic N) is 1. The summed E-state index contributed by atoms with van der Waals surface area (Å²) in [6.45, 7) is 6.75. The fourth-order valence-electron chi connectivity index (χ4n) is 2.15. The highest BCUT2D eigenvalue weighted by atomic mass is 16.5. The normalized spacial score (nSPS) is 18.6. The lowest BCUT2D eigenvalue weighted by Crippen LogP contribution is -2.42. The highest BCUT2D eigenvalue weighted by Crippen LogP contribution is 2.12. The maximum Gasteiger partial charge on any atom is 0.0839 e. The summed E-state index contributed by atoms with van der Waals surface area (Å²) in [5.74, 6) is 0. The third kappa shape index (κ3) is 3.98. The molecule has 0 aromatic heterocycles. The number of aliphatic hydroxyl groups is 1. The maximum atomic E-state index is 10.0. The third-order valence-corrected chi connectivity index (χ3v) is 3.25. The number of nitrogens with zero attached hydrogens (tertiary/aromatic N) is 1. The first-order valence-electron chi connectivity index (χ1n) is 6.53. The van der Waals surface area contributed by atoms with E-state index in [1.54, 1.807) is 0 Å². The van der Waals surface area contributed by atoms with Crippen molar-refractivity contribution in [1.82, 2.24) is 4.90 Å². The van der Waals surface area contributed by atoms with Gasteiger partial charge in [0.05, 0.1) is 19.3 Å². The molecule has 1 aromatic carbocycles. The smallest absolute Gasteiger partial charge is 0.0839 e. The molecule has 0 saturated carbocycles. The second-order valence-electron chi connectivity index (χ2n) is 4.76. The van der Waals surface area contributed by atoms with Gasteiger partial charge in [-0.1, -0.05) is 18.2 Å². The lowest BCUT2D eigenvalue weighted by molar-refractivity contribution is 0.0171. The van der Waals surface area contributed by atoms with Gasteiger partial charge in [0.15, 0.2) is 0 Å². The first kappa shape index (κ1) is 13.3. The van der Waals surface area contributed by atoms with E-state index in [1.807, 2.05) is 18.2 Å². The number of nitrogens with one attached hydrogen (secondary N) is 1. The molecule has 2 N–H and O–H groups in total. The molecule has 1 heterocycles. The lowest BCUT2D eigenvalue weighted by atomic mass is 10.2. The maximum absolute atomic E-state index is 10.0. The van der Waals surface area contributed by atoms with Gasteiger partial charge < -0.3 is 15.2 Å². The lowest BCUT2D eigenvalue weighted by Gasteiger charge is -2.28. The number of benzene rings is 1. The third-order valence-electron chi connectivity index (χ3n) is 3.25. The summed E-state index contributed by atoms with van der Waals surface area (Å²) in [4.78, 5) is 2.24. The first-order chi connectivity index (χ1) is 8.75. The number of hydrogen-bond acceptors (Lipinski definition) is 4. The summed E-state index contributed by atoms with van der Waals surface area (Å²) in [6, 6.07) is 8.13. The van der Waals surface area contributed by atoms with Gasteiger partial charge in [0.25, 0.3) is 0 Å². The van der Waals surface area contributed by atoms with Gasteiger partial charge in [-0.3, -0.25) is 4.90 Å². The Hall–Kier alpha value is -1.10. The Labute approximate surface area is 109 Å². The largest absolute Gasteiger partial charge is 0.390 e. The van der Waals surface area contributed by atoms with Crippen molar-refractivity contribution in [2.75, 3.05) is 44.7 Å². The van der Waals surface area contributed by atoms with Crippen molar-refractivity contribution in [2.45, 2.75) is 13.0 Å². The van der Waals surface area contributed by atoms with Gasteiger partial charge in [0.2, 0.25) is 0 Å². The van der Waals surface area contributed by atoms with Crippen molar-refractivity contribution >= 4 is 5.69 Å². The van der Waals surface area contributed by atoms with Crippen LogP contribution >= 0.6 is 0 Å². The van der Waals surface area contributed by atoms with Crippen LogP contribution in [0.4, 0.5) is 5.69 Å². The molecule has 18 heavy (non-hydrogen) atoms. The fraction of sp³-hybridized carbons (Fsp3) is 0.571. The van der Waals surface area contributed by atoms with E-state index in [4.69, 9.17) is 4.74 Å². The number of aryl methyl sites for hydroxylation is 1. The molecule has 1 unspecified atom stereocenters. The molecule has 4 heteroatoms. The van der Waals surface area contributed by atoms with E-state index in [2.05, 4.69) is 23.2 Å². The molecule has 1 fully saturated rings. The highest BCUT2D eigenvalue weighted by Gasteiger charge is 2.14. The summed E-state index contributed by atoms with van der Waals surface area (Å²) in [5, 5.41) is 13.3. The summed E-state index contributed by atoms with van der Waals surface area (Å²) in [5.41, 5.74) is 2.30. The molecule has 100 valence electrons. The molecule has 1 aliphatic heterocycles. The number of morpholine rings is 1. The monoisotopic (exact) mass is 250 g/mol. The van der Waals surface area contributed by atoms with Crippen LogP contribution < -0.4 is 5.32 Å². The Bertz CT molecular complexity index is 365. The van der Waals surface area contributed by atoms with Crippen molar-refractivity contribution in [3.63, 3.8) is 0 Å². The average molecular weight is 250 g/mol. The van der Waals surface area contributed by atoms with E-state index in [0.717, 1.165) is 32.0 Å². The molecular formula is C14H22N2O2. The Morgan fingerprint density at radius 2 is 2.06 bits per heavy atom. The molecule has 1 aliphatic rings. The van der Waals surface area contributed by atoms with Crippen LogP contribution in [0.5, 0.6) is 0 Å². The zero-order valence-corrected chi connectivity index (χ0v) is 10.9. The minimum atomic E-state index is -0.345. The summed E-state index contributed by atoms with van der Waals surface area (Å²) in [7, 11) is 0. The van der Waals surface area contributed by atoms with Gasteiger partial charge >= 0.3 is 0 Å². The molecule has 0 spiro atoms. The molecule has 1 aromatic rings. The van der Waals surface area contributed by atoms with Crippen LogP contribution in [-0.4, -0.2) is 55.5 Å². The van der Waals surface area contributed by atoms with Gasteiger partial charge in [-0.25, -0.2) is 0 Å². The van der Waals surface area contributed by atoms with Crippen LogP contribution in [0.25, 0.3) is 0 Å². The zero-order valence-electron chi connectivity index (χ0n) is 10.9. The minimum Gasteiger partial charge on any atom is -0.390 e. The molecule has 0 amide bonds. The second kappa shape index (κ2) is 6.73. The summed E-state index contributed by atoms with van der Waals surface area (Å²) in [6.07, 6.45) is -0.345. The Kier molecular flexibility index (Phi) is 4.99. The molecular weight excluding hydrogens is 228 g/mol. The fourth-order valence-corrected chi connectivity index (χ4v) is 2.15. The van der Waals surface area contributed by atoms with Crippen LogP contribution in [0.1, 0.15) is 5.56 Å². The van der Waals surface area contributed by atoms with Crippen molar-refractivity contribution in [2.24, 2.45) is 0 Å². The molecule has 1 atom stereocenters. The minimum absolute atomic E-state index is 0.345. The topological polar surface area (TPSA) is 44.7 Å². The Morgan fingerprint density at radius 3 is 2.78 bits per heavy atom. The molecule has 4 nitrogen and oxygen atoms in total. The predicted molar refractivity (Wildman–Crippen MR) is 72.9 cm³/mol. The van der Waals surface area contributed by atoms with Gasteiger partial charge in [0, 0.05) is 31.9 Å². The quantitative estimate of drug-likeness (QED) is 0.821. The molecule has 0 radical (unpaired) electrons. The number of anilines is 1. The van der Waals surface area contributed by atoms with E-state index in [9.17, 15) is 5.11 Å². The van der Waals surface area contributed by atoms with Crippen molar-refractivity contribution in [3.8, 4) is 0 Å². The number of ether oxygens (including phenoxy) is 1. The van der Waals surface area contributed by atoms with E-state index in [0.29, 0.717) is 13.1 Å². The number of para-hydroxylation sites is 1. The van der Waals surface area contributed by atoms with Gasteiger partial charge in [-0.2, -0.15) is 0 Å². The van der Waals surface area contributed by atoms with E-state index >= 15 is 0 Å². The van der Waals surface area contributed by atoms with Crippen LogP contribution in [0.3, 0.4) is 0 Å². The van der Waals surface area contributed by atoms with Gasteiger partial charge in [-0.05, 0) is 18.6 Å². The molecule has 0 bridgehead atoms. The van der Waals surface area contributed by atoms with Crippen LogP contribution in [0, 0.1) is 6.92 Å². The van der Waals surface area contributed by atoms with Crippen molar-refractivity contribution in [1.29, 1.82) is 0 Å². The molecule has 1 saturated heterocycles. The Morgan fingerprint density at radius 1 is 1.33 bits per heavy atom. The number of aliphatic hydroxyl groups excluding tert-OH is 1. The zero-order chi connectivity index (χ0) is 12.8. The summed E-state index contributed by atoms with van der Waals surface area (Å²) >= 11 is 0. The number of hydrogen-bond donors (Lipinski definition) is 2.